The molecule has 0 radical (unpaired) electrons. The summed E-state index contributed by atoms with van der Waals surface area (Å²) >= 11 is 0. The van der Waals surface area contributed by atoms with Gasteiger partial charge in [-0.25, -0.2) is 9.59 Å². The van der Waals surface area contributed by atoms with Crippen LogP contribution < -0.4 is 9.47 Å². The highest BCUT2D eigenvalue weighted by Gasteiger charge is 2.16. The van der Waals surface area contributed by atoms with Crippen molar-refractivity contribution in [3.63, 3.8) is 0 Å². The number of aromatic carboxylic acids is 2. The van der Waals surface area contributed by atoms with E-state index in [9.17, 15) is 19.8 Å². The number of hydrogen-bond donors (Lipinski definition) is 2. The first-order valence-electron chi connectivity index (χ1n) is 9.77. The maximum atomic E-state index is 11.2. The SMILES string of the molecule is C=CCOc1cc(-c2ccc(C(=O)O)cc2)c(OCC=C)cc1-c1ccc(C(=O)O)cc1. The second-order valence-electron chi connectivity index (χ2n) is 6.81. The molecule has 162 valence electrons. The van der Waals surface area contributed by atoms with Gasteiger partial charge in [0.05, 0.1) is 11.1 Å². The van der Waals surface area contributed by atoms with Crippen LogP contribution in [0.2, 0.25) is 0 Å². The van der Waals surface area contributed by atoms with Crippen molar-refractivity contribution in [1.29, 1.82) is 0 Å². The maximum Gasteiger partial charge on any atom is 0.335 e. The van der Waals surface area contributed by atoms with Gasteiger partial charge in [-0.1, -0.05) is 49.6 Å². The molecule has 3 aromatic carbocycles. The van der Waals surface area contributed by atoms with E-state index < -0.39 is 11.9 Å². The van der Waals surface area contributed by atoms with Crippen LogP contribution in [0.3, 0.4) is 0 Å². The van der Waals surface area contributed by atoms with Gasteiger partial charge in [-0.05, 0) is 47.5 Å². The fraction of sp³-hybridized carbons (Fsp3) is 0.0769. The van der Waals surface area contributed by atoms with Crippen LogP contribution in [0.4, 0.5) is 0 Å². The Balaban J connectivity index is 2.16. The maximum absolute atomic E-state index is 11.2. The zero-order chi connectivity index (χ0) is 23.1. The molecule has 0 atom stereocenters. The number of carbonyl (C=O) groups is 2. The van der Waals surface area contributed by atoms with E-state index in [0.29, 0.717) is 22.6 Å². The Morgan fingerprint density at radius 3 is 1.31 bits per heavy atom. The van der Waals surface area contributed by atoms with Gasteiger partial charge < -0.3 is 19.7 Å². The molecule has 0 bridgehead atoms. The molecular weight excluding hydrogens is 408 g/mol. The van der Waals surface area contributed by atoms with Gasteiger partial charge in [-0.2, -0.15) is 0 Å². The van der Waals surface area contributed by atoms with E-state index in [4.69, 9.17) is 9.47 Å². The fourth-order valence-electron chi connectivity index (χ4n) is 3.13. The van der Waals surface area contributed by atoms with Crippen LogP contribution in [0, 0.1) is 0 Å². The highest BCUT2D eigenvalue weighted by atomic mass is 16.5. The molecular formula is C26H22O6. The van der Waals surface area contributed by atoms with Gasteiger partial charge in [0, 0.05) is 11.1 Å². The average molecular weight is 430 g/mol. The fourth-order valence-corrected chi connectivity index (χ4v) is 3.13. The summed E-state index contributed by atoms with van der Waals surface area (Å²) in [6.07, 6.45) is 3.25. The summed E-state index contributed by atoms with van der Waals surface area (Å²) in [4.78, 5) is 22.4. The molecule has 0 aliphatic heterocycles. The summed E-state index contributed by atoms with van der Waals surface area (Å²) in [6, 6.07) is 16.6. The summed E-state index contributed by atoms with van der Waals surface area (Å²) < 4.78 is 11.8. The van der Waals surface area contributed by atoms with Crippen LogP contribution in [-0.2, 0) is 0 Å². The standard InChI is InChI=1S/C26H22O6/c1-3-13-31-23-15-22(18-7-11-20(12-8-18)26(29)30)24(32-14-4-2)16-21(23)17-5-9-19(10-6-17)25(27)28/h3-12,15-16H,1-2,13-14H2,(H,27,28)(H,29,30). The Labute approximate surface area is 185 Å². The van der Waals surface area contributed by atoms with E-state index in [1.54, 1.807) is 36.4 Å². The Bertz CT molecular complexity index is 1050. The van der Waals surface area contributed by atoms with E-state index >= 15 is 0 Å². The van der Waals surface area contributed by atoms with Crippen LogP contribution in [0.1, 0.15) is 20.7 Å². The van der Waals surface area contributed by atoms with E-state index in [0.717, 1.165) is 11.1 Å². The minimum Gasteiger partial charge on any atom is -0.489 e. The second kappa shape index (κ2) is 10.1. The minimum absolute atomic E-state index is 0.181. The van der Waals surface area contributed by atoms with E-state index in [-0.39, 0.29) is 24.3 Å². The van der Waals surface area contributed by atoms with Gasteiger partial charge in [-0.15, -0.1) is 0 Å². The van der Waals surface area contributed by atoms with E-state index in [1.807, 2.05) is 12.1 Å². The molecule has 6 nitrogen and oxygen atoms in total. The van der Waals surface area contributed by atoms with Crippen molar-refractivity contribution < 1.29 is 29.3 Å². The first-order valence-corrected chi connectivity index (χ1v) is 9.77. The van der Waals surface area contributed by atoms with Crippen LogP contribution in [0.15, 0.2) is 86.0 Å². The Kier molecular flexibility index (Phi) is 7.08. The Morgan fingerprint density at radius 1 is 0.688 bits per heavy atom. The number of ether oxygens (including phenoxy) is 2. The van der Waals surface area contributed by atoms with Crippen molar-refractivity contribution >= 4 is 11.9 Å². The topological polar surface area (TPSA) is 93.1 Å². The Hall–Kier alpha value is -4.32. The number of benzene rings is 3. The molecule has 0 heterocycles. The highest BCUT2D eigenvalue weighted by molar-refractivity contribution is 5.90. The number of carboxylic acid groups (broad SMARTS) is 2. The van der Waals surface area contributed by atoms with Crippen molar-refractivity contribution in [3.05, 3.63) is 97.1 Å². The first-order chi connectivity index (χ1) is 15.4. The van der Waals surface area contributed by atoms with Gasteiger partial charge in [0.1, 0.15) is 24.7 Å². The van der Waals surface area contributed by atoms with Crippen molar-refractivity contribution in [1.82, 2.24) is 0 Å². The lowest BCUT2D eigenvalue weighted by molar-refractivity contribution is 0.0686. The van der Waals surface area contributed by atoms with Crippen LogP contribution in [0.25, 0.3) is 22.3 Å². The second-order valence-corrected chi connectivity index (χ2v) is 6.81. The molecule has 0 amide bonds. The monoisotopic (exact) mass is 430 g/mol. The third-order valence-electron chi connectivity index (χ3n) is 4.68. The molecule has 2 N–H and O–H groups in total. The molecule has 0 aliphatic carbocycles. The van der Waals surface area contributed by atoms with Gasteiger partial charge in [0.25, 0.3) is 0 Å². The third kappa shape index (κ3) is 5.05. The molecule has 0 unspecified atom stereocenters. The summed E-state index contributed by atoms with van der Waals surface area (Å²) in [5.74, 6) is -0.905. The van der Waals surface area contributed by atoms with Crippen molar-refractivity contribution in [2.75, 3.05) is 13.2 Å². The lowest BCUT2D eigenvalue weighted by Gasteiger charge is -2.17. The zero-order valence-electron chi connectivity index (χ0n) is 17.3. The van der Waals surface area contributed by atoms with E-state index in [1.165, 1.54) is 24.3 Å². The predicted octanol–water partition coefficient (Wildman–Crippen LogP) is 5.55. The van der Waals surface area contributed by atoms with Gasteiger partial charge >= 0.3 is 11.9 Å². The molecule has 0 aliphatic rings. The molecule has 0 saturated heterocycles. The Morgan fingerprint density at radius 2 is 1.03 bits per heavy atom. The van der Waals surface area contributed by atoms with Crippen LogP contribution >= 0.6 is 0 Å². The smallest absolute Gasteiger partial charge is 0.335 e. The van der Waals surface area contributed by atoms with Gasteiger partial charge in [0.2, 0.25) is 0 Å². The first kappa shape index (κ1) is 22.4. The molecule has 3 rings (SSSR count). The lowest BCUT2D eigenvalue weighted by atomic mass is 9.96. The molecule has 0 saturated carbocycles. The molecule has 3 aromatic rings. The quantitative estimate of drug-likeness (QED) is 0.410. The molecule has 0 spiro atoms. The predicted molar refractivity (Wildman–Crippen MR) is 123 cm³/mol. The van der Waals surface area contributed by atoms with Crippen LogP contribution in [-0.4, -0.2) is 35.4 Å². The van der Waals surface area contributed by atoms with Crippen molar-refractivity contribution in [2.24, 2.45) is 0 Å². The average Bonchev–Trinajstić information content (AvgIpc) is 2.81. The van der Waals surface area contributed by atoms with Gasteiger partial charge in [0.15, 0.2) is 0 Å². The number of hydrogen-bond acceptors (Lipinski definition) is 4. The summed E-state index contributed by atoms with van der Waals surface area (Å²) in [5, 5.41) is 18.3. The third-order valence-corrected chi connectivity index (χ3v) is 4.68. The molecule has 6 heteroatoms. The van der Waals surface area contributed by atoms with Crippen LogP contribution in [0.5, 0.6) is 11.5 Å². The van der Waals surface area contributed by atoms with Crippen molar-refractivity contribution in [2.45, 2.75) is 0 Å². The van der Waals surface area contributed by atoms with Gasteiger partial charge in [-0.3, -0.25) is 0 Å². The summed E-state index contributed by atoms with van der Waals surface area (Å²) in [6.45, 7) is 7.92. The molecule has 0 fully saturated rings. The minimum atomic E-state index is -1.00. The normalized spacial score (nSPS) is 10.2. The number of rotatable bonds is 10. The summed E-state index contributed by atoms with van der Waals surface area (Å²) in [7, 11) is 0. The molecule has 0 aromatic heterocycles. The molecule has 32 heavy (non-hydrogen) atoms. The van der Waals surface area contributed by atoms with Crippen molar-refractivity contribution in [3.8, 4) is 33.8 Å². The van der Waals surface area contributed by atoms with E-state index in [2.05, 4.69) is 13.2 Å². The summed E-state index contributed by atoms with van der Waals surface area (Å²) in [5.41, 5.74) is 3.30. The lowest BCUT2D eigenvalue weighted by Crippen LogP contribution is -2.01. The zero-order valence-corrected chi connectivity index (χ0v) is 17.3. The largest absolute Gasteiger partial charge is 0.489 e. The highest BCUT2D eigenvalue weighted by Crippen LogP contribution is 2.41. The number of carboxylic acids is 2.